The SMILES string of the molecule is CC(C)[C@@H]1NC(=O)CCCCCOc2ccc(cc2)C[C@@H]([C@H](O)CN2CCCC[C@H]2C(=O)NC(C)(C)C)NC1=O. The second-order valence-corrected chi connectivity index (χ2v) is 12.7. The monoisotopic (exact) mass is 558 g/mol. The van der Waals surface area contributed by atoms with Crippen molar-refractivity contribution in [1.82, 2.24) is 20.9 Å². The minimum Gasteiger partial charge on any atom is -0.494 e. The lowest BCUT2D eigenvalue weighted by Gasteiger charge is -2.39. The molecule has 3 aliphatic heterocycles. The van der Waals surface area contributed by atoms with Gasteiger partial charge < -0.3 is 25.8 Å². The fourth-order valence-electron chi connectivity index (χ4n) is 5.39. The molecule has 9 nitrogen and oxygen atoms in total. The molecule has 0 radical (unpaired) electrons. The maximum atomic E-state index is 13.5. The van der Waals surface area contributed by atoms with E-state index in [0.29, 0.717) is 26.0 Å². The molecule has 40 heavy (non-hydrogen) atoms. The Labute approximate surface area is 239 Å². The molecule has 1 aromatic rings. The van der Waals surface area contributed by atoms with Crippen LogP contribution < -0.4 is 20.7 Å². The first kappa shape index (κ1) is 31.9. The van der Waals surface area contributed by atoms with Crippen molar-refractivity contribution in [3.05, 3.63) is 29.8 Å². The number of β-amino-alcohol motifs (C(OH)–C–C–N with tert-alkyl or cyclic N) is 1. The quantitative estimate of drug-likeness (QED) is 0.441. The topological polar surface area (TPSA) is 120 Å². The molecule has 3 aliphatic rings. The third kappa shape index (κ3) is 10.1. The number of hydrogen-bond donors (Lipinski definition) is 4. The molecule has 224 valence electrons. The Hall–Kier alpha value is -2.65. The van der Waals surface area contributed by atoms with Crippen LogP contribution in [0.4, 0.5) is 0 Å². The number of aliphatic hydroxyl groups is 1. The number of piperidine rings is 1. The number of likely N-dealkylation sites (tertiary alicyclic amines) is 1. The summed E-state index contributed by atoms with van der Waals surface area (Å²) >= 11 is 0. The number of nitrogens with one attached hydrogen (secondary N) is 3. The number of hydrogen-bond acceptors (Lipinski definition) is 6. The van der Waals surface area contributed by atoms with Crippen LogP contribution in [0.25, 0.3) is 0 Å². The van der Waals surface area contributed by atoms with Gasteiger partial charge >= 0.3 is 0 Å². The summed E-state index contributed by atoms with van der Waals surface area (Å²) in [5.74, 6) is 0.161. The first-order valence-corrected chi connectivity index (χ1v) is 15.0. The summed E-state index contributed by atoms with van der Waals surface area (Å²) in [5.41, 5.74) is 0.605. The van der Waals surface area contributed by atoms with Crippen LogP contribution >= 0.6 is 0 Å². The van der Waals surface area contributed by atoms with E-state index in [1.165, 1.54) is 0 Å². The molecule has 0 aliphatic carbocycles. The first-order valence-electron chi connectivity index (χ1n) is 15.0. The number of carbonyl (C=O) groups excluding carboxylic acids is 3. The van der Waals surface area contributed by atoms with Crippen LogP contribution in [0.2, 0.25) is 0 Å². The van der Waals surface area contributed by atoms with Gasteiger partial charge in [-0.3, -0.25) is 19.3 Å². The van der Waals surface area contributed by atoms with Crippen LogP contribution in [0, 0.1) is 5.92 Å². The van der Waals surface area contributed by atoms with E-state index < -0.39 is 18.2 Å². The van der Waals surface area contributed by atoms with Crippen LogP contribution in [0.15, 0.2) is 24.3 Å². The molecule has 1 fully saturated rings. The molecule has 0 unspecified atom stereocenters. The Morgan fingerprint density at radius 3 is 2.48 bits per heavy atom. The van der Waals surface area contributed by atoms with Gasteiger partial charge in [0.05, 0.1) is 24.8 Å². The highest BCUT2D eigenvalue weighted by atomic mass is 16.5. The lowest BCUT2D eigenvalue weighted by Crippen LogP contribution is -2.59. The van der Waals surface area contributed by atoms with E-state index in [1.54, 1.807) is 0 Å². The van der Waals surface area contributed by atoms with Gasteiger partial charge in [0.15, 0.2) is 0 Å². The van der Waals surface area contributed by atoms with Crippen LogP contribution in [0.5, 0.6) is 5.75 Å². The van der Waals surface area contributed by atoms with Crippen molar-refractivity contribution in [2.24, 2.45) is 5.92 Å². The molecule has 3 heterocycles. The summed E-state index contributed by atoms with van der Waals surface area (Å²) in [6.45, 7) is 11.2. The maximum absolute atomic E-state index is 13.5. The van der Waals surface area contributed by atoms with Gasteiger partial charge in [-0.1, -0.05) is 32.4 Å². The Balaban J connectivity index is 1.82. The Bertz CT molecular complexity index is 975. The second kappa shape index (κ2) is 14.8. The first-order chi connectivity index (χ1) is 18.9. The van der Waals surface area contributed by atoms with E-state index in [9.17, 15) is 19.5 Å². The van der Waals surface area contributed by atoms with E-state index in [-0.39, 0.29) is 41.8 Å². The molecule has 4 atom stereocenters. The molecule has 9 heteroatoms. The summed E-state index contributed by atoms with van der Waals surface area (Å²) in [7, 11) is 0. The standard InChI is InChI=1S/C31H50N4O5/c1-21(2)28-30(39)32-24(26(36)20-35-17-9-8-11-25(35)29(38)34-31(3,4)5)19-22-13-15-23(16-14-22)40-18-10-6-7-12-27(37)33-28/h13-16,21,24-26,28,36H,6-12,17-20H2,1-5H3,(H,32,39)(H,33,37)(H,34,38)/t24-,25-,26+,28-/m0/s1. The molecular weight excluding hydrogens is 508 g/mol. The van der Waals surface area contributed by atoms with E-state index in [2.05, 4.69) is 16.0 Å². The van der Waals surface area contributed by atoms with E-state index in [4.69, 9.17) is 4.74 Å². The lowest BCUT2D eigenvalue weighted by molar-refractivity contribution is -0.132. The van der Waals surface area contributed by atoms with Crippen molar-refractivity contribution >= 4 is 17.7 Å². The highest BCUT2D eigenvalue weighted by Gasteiger charge is 2.35. The molecule has 4 N–H and O–H groups in total. The Morgan fingerprint density at radius 2 is 1.80 bits per heavy atom. The minimum atomic E-state index is -0.923. The second-order valence-electron chi connectivity index (χ2n) is 12.7. The zero-order chi connectivity index (χ0) is 29.3. The van der Waals surface area contributed by atoms with Gasteiger partial charge in [0.25, 0.3) is 0 Å². The van der Waals surface area contributed by atoms with Gasteiger partial charge in [0, 0.05) is 18.5 Å². The van der Waals surface area contributed by atoms with Crippen molar-refractivity contribution in [3.8, 4) is 5.75 Å². The predicted octanol–water partition coefficient (Wildman–Crippen LogP) is 2.94. The third-order valence-corrected chi connectivity index (χ3v) is 7.59. The van der Waals surface area contributed by atoms with Crippen molar-refractivity contribution in [2.45, 2.75) is 116 Å². The van der Waals surface area contributed by atoms with Gasteiger partial charge in [0.1, 0.15) is 11.8 Å². The smallest absolute Gasteiger partial charge is 0.243 e. The Kier molecular flexibility index (Phi) is 11.8. The number of rotatable bonds is 5. The minimum absolute atomic E-state index is 0.0319. The zero-order valence-electron chi connectivity index (χ0n) is 25.0. The predicted molar refractivity (Wildman–Crippen MR) is 156 cm³/mol. The van der Waals surface area contributed by atoms with Crippen LogP contribution in [-0.2, 0) is 20.8 Å². The average Bonchev–Trinajstić information content (AvgIpc) is 2.88. The molecule has 0 spiro atoms. The number of carbonyl (C=O) groups is 3. The number of aliphatic hydroxyl groups excluding tert-OH is 1. The number of ether oxygens (including phenoxy) is 1. The molecule has 2 bridgehead atoms. The number of amides is 3. The molecule has 0 saturated carbocycles. The molecule has 4 rings (SSSR count). The zero-order valence-corrected chi connectivity index (χ0v) is 25.0. The summed E-state index contributed by atoms with van der Waals surface area (Å²) in [5, 5.41) is 20.6. The Morgan fingerprint density at radius 1 is 1.07 bits per heavy atom. The van der Waals surface area contributed by atoms with Crippen molar-refractivity contribution < 1.29 is 24.2 Å². The summed E-state index contributed by atoms with van der Waals surface area (Å²) in [6.07, 6.45) is 4.91. The molecule has 3 amide bonds. The maximum Gasteiger partial charge on any atom is 0.243 e. The van der Waals surface area contributed by atoms with Gasteiger partial charge in [0.2, 0.25) is 17.7 Å². The van der Waals surface area contributed by atoms with Gasteiger partial charge in [-0.05, 0) is 89.5 Å². The van der Waals surface area contributed by atoms with Gasteiger partial charge in [-0.2, -0.15) is 0 Å². The fourth-order valence-corrected chi connectivity index (χ4v) is 5.39. The third-order valence-electron chi connectivity index (χ3n) is 7.59. The molecular formula is C31H50N4O5. The lowest BCUT2D eigenvalue weighted by atomic mass is 9.95. The largest absolute Gasteiger partial charge is 0.494 e. The average molecular weight is 559 g/mol. The summed E-state index contributed by atoms with van der Waals surface area (Å²) in [4.78, 5) is 41.3. The number of benzene rings is 1. The fraction of sp³-hybridized carbons (Fsp3) is 0.710. The molecule has 1 aromatic carbocycles. The van der Waals surface area contributed by atoms with Crippen LogP contribution in [-0.4, -0.2) is 77.2 Å². The summed E-state index contributed by atoms with van der Waals surface area (Å²) < 4.78 is 5.86. The highest BCUT2D eigenvalue weighted by molar-refractivity contribution is 5.88. The van der Waals surface area contributed by atoms with Crippen molar-refractivity contribution in [2.75, 3.05) is 19.7 Å². The van der Waals surface area contributed by atoms with Crippen LogP contribution in [0.1, 0.15) is 85.1 Å². The normalized spacial score (nSPS) is 24.9. The highest BCUT2D eigenvalue weighted by Crippen LogP contribution is 2.21. The number of fused-ring (bicyclic) bond motifs is 14. The van der Waals surface area contributed by atoms with E-state index >= 15 is 0 Å². The molecule has 1 saturated heterocycles. The summed E-state index contributed by atoms with van der Waals surface area (Å²) in [6, 6.07) is 6.11. The van der Waals surface area contributed by atoms with E-state index in [0.717, 1.165) is 49.8 Å². The number of nitrogens with zero attached hydrogens (tertiary/aromatic N) is 1. The van der Waals surface area contributed by atoms with Crippen molar-refractivity contribution in [3.63, 3.8) is 0 Å². The van der Waals surface area contributed by atoms with Crippen molar-refractivity contribution in [1.29, 1.82) is 0 Å². The van der Waals surface area contributed by atoms with Crippen LogP contribution in [0.3, 0.4) is 0 Å². The van der Waals surface area contributed by atoms with Gasteiger partial charge in [-0.15, -0.1) is 0 Å². The van der Waals surface area contributed by atoms with E-state index in [1.807, 2.05) is 63.8 Å². The molecule has 0 aromatic heterocycles. The van der Waals surface area contributed by atoms with Gasteiger partial charge in [-0.25, -0.2) is 0 Å².